The lowest BCUT2D eigenvalue weighted by molar-refractivity contribution is 0.174. The lowest BCUT2D eigenvalue weighted by atomic mass is 10.1. The summed E-state index contributed by atoms with van der Waals surface area (Å²) in [5.74, 6) is 0.869. The third-order valence-electron chi connectivity index (χ3n) is 4.05. The van der Waals surface area contributed by atoms with Crippen molar-refractivity contribution in [2.45, 2.75) is 19.3 Å². The Bertz CT molecular complexity index is 765. The number of ether oxygens (including phenoxy) is 1. The number of para-hydroxylation sites is 1. The predicted octanol–water partition coefficient (Wildman–Crippen LogP) is 4.51. The van der Waals surface area contributed by atoms with Crippen LogP contribution in [0.25, 0.3) is 0 Å². The van der Waals surface area contributed by atoms with Crippen LogP contribution >= 0.6 is 12.4 Å². The topological polar surface area (TPSA) is 41.5 Å². The highest BCUT2D eigenvalue weighted by molar-refractivity contribution is 5.85. The van der Waals surface area contributed by atoms with Crippen LogP contribution < -0.4 is 10.1 Å². The first-order valence-electron chi connectivity index (χ1n) is 8.51. The highest BCUT2D eigenvalue weighted by Gasteiger charge is 2.08. The van der Waals surface area contributed by atoms with Gasteiger partial charge in [-0.2, -0.15) is 0 Å². The summed E-state index contributed by atoms with van der Waals surface area (Å²) in [6.45, 7) is 1.69. The number of rotatable bonds is 8. The zero-order valence-corrected chi connectivity index (χ0v) is 15.4. The summed E-state index contributed by atoms with van der Waals surface area (Å²) in [4.78, 5) is 0. The van der Waals surface area contributed by atoms with Crippen LogP contribution in [-0.4, -0.2) is 11.7 Å². The van der Waals surface area contributed by atoms with Crippen molar-refractivity contribution in [1.29, 1.82) is 0 Å². The molecule has 0 saturated heterocycles. The number of aliphatic hydroxyl groups excluding tert-OH is 1. The van der Waals surface area contributed by atoms with Gasteiger partial charge in [-0.25, -0.2) is 0 Å². The van der Waals surface area contributed by atoms with Crippen LogP contribution in [0.15, 0.2) is 84.9 Å². The molecule has 1 atom stereocenters. The normalized spacial score (nSPS) is 11.4. The number of hydrogen-bond acceptors (Lipinski definition) is 3. The highest BCUT2D eigenvalue weighted by atomic mass is 35.5. The number of halogens is 1. The molecule has 0 heterocycles. The SMILES string of the molecule is Cl.OC(CNCc1ccccc1OCc1ccccc1)c1ccccc1. The Labute approximate surface area is 161 Å². The standard InChI is InChI=1S/C22H23NO2.ClH/c24-21(19-11-5-2-6-12-19)16-23-15-20-13-7-8-14-22(20)25-17-18-9-3-1-4-10-18;/h1-14,21,23-24H,15-17H2;1H. The van der Waals surface area contributed by atoms with E-state index in [1.165, 1.54) is 0 Å². The number of benzene rings is 3. The highest BCUT2D eigenvalue weighted by Crippen LogP contribution is 2.19. The van der Waals surface area contributed by atoms with Crippen LogP contribution in [0.3, 0.4) is 0 Å². The van der Waals surface area contributed by atoms with Crippen molar-refractivity contribution in [2.75, 3.05) is 6.54 Å². The summed E-state index contributed by atoms with van der Waals surface area (Å²) in [5, 5.41) is 13.5. The number of hydrogen-bond donors (Lipinski definition) is 2. The number of nitrogens with one attached hydrogen (secondary N) is 1. The summed E-state index contributed by atoms with van der Waals surface area (Å²) < 4.78 is 5.96. The van der Waals surface area contributed by atoms with Gasteiger partial charge in [0, 0.05) is 18.7 Å². The first kappa shape index (κ1) is 20.0. The maximum absolute atomic E-state index is 10.2. The van der Waals surface area contributed by atoms with E-state index < -0.39 is 6.10 Å². The second-order valence-corrected chi connectivity index (χ2v) is 5.94. The molecule has 3 aromatic carbocycles. The van der Waals surface area contributed by atoms with Crippen molar-refractivity contribution < 1.29 is 9.84 Å². The average Bonchev–Trinajstić information content (AvgIpc) is 2.68. The van der Waals surface area contributed by atoms with Gasteiger partial charge in [0.2, 0.25) is 0 Å². The molecule has 136 valence electrons. The average molecular weight is 370 g/mol. The third kappa shape index (κ3) is 5.88. The quantitative estimate of drug-likeness (QED) is 0.613. The molecule has 0 aromatic heterocycles. The predicted molar refractivity (Wildman–Crippen MR) is 108 cm³/mol. The first-order chi connectivity index (χ1) is 12.3. The molecule has 0 bridgehead atoms. The molecular weight excluding hydrogens is 346 g/mol. The van der Waals surface area contributed by atoms with Crippen molar-refractivity contribution in [2.24, 2.45) is 0 Å². The molecule has 0 aliphatic rings. The van der Waals surface area contributed by atoms with Gasteiger partial charge in [0.15, 0.2) is 0 Å². The molecule has 0 radical (unpaired) electrons. The van der Waals surface area contributed by atoms with Crippen LogP contribution in [0, 0.1) is 0 Å². The summed E-state index contributed by atoms with van der Waals surface area (Å²) in [6, 6.07) is 27.8. The largest absolute Gasteiger partial charge is 0.489 e. The Morgan fingerprint density at radius 1 is 0.808 bits per heavy atom. The maximum Gasteiger partial charge on any atom is 0.124 e. The zero-order valence-electron chi connectivity index (χ0n) is 14.5. The van der Waals surface area contributed by atoms with Crippen LogP contribution in [0.2, 0.25) is 0 Å². The molecule has 3 nitrogen and oxygen atoms in total. The lowest BCUT2D eigenvalue weighted by Crippen LogP contribution is -2.21. The van der Waals surface area contributed by atoms with Crippen molar-refractivity contribution in [3.8, 4) is 5.75 Å². The Morgan fingerprint density at radius 2 is 1.42 bits per heavy atom. The van der Waals surface area contributed by atoms with Crippen LogP contribution in [0.1, 0.15) is 22.8 Å². The van der Waals surface area contributed by atoms with Gasteiger partial charge in [-0.3, -0.25) is 0 Å². The minimum Gasteiger partial charge on any atom is -0.489 e. The lowest BCUT2D eigenvalue weighted by Gasteiger charge is -2.15. The molecule has 0 fully saturated rings. The smallest absolute Gasteiger partial charge is 0.124 e. The fraction of sp³-hybridized carbons (Fsp3) is 0.182. The van der Waals surface area contributed by atoms with Gasteiger partial charge in [0.25, 0.3) is 0 Å². The van der Waals surface area contributed by atoms with Crippen LogP contribution in [-0.2, 0) is 13.2 Å². The van der Waals surface area contributed by atoms with E-state index in [0.29, 0.717) is 19.7 Å². The van der Waals surface area contributed by atoms with Gasteiger partial charge >= 0.3 is 0 Å². The monoisotopic (exact) mass is 369 g/mol. The molecule has 0 aliphatic carbocycles. The molecule has 3 aromatic rings. The Hall–Kier alpha value is -2.33. The van der Waals surface area contributed by atoms with Crippen molar-refractivity contribution in [3.05, 3.63) is 102 Å². The summed E-state index contributed by atoms with van der Waals surface area (Å²) in [6.07, 6.45) is -0.515. The van der Waals surface area contributed by atoms with Gasteiger partial charge in [-0.05, 0) is 17.2 Å². The number of aliphatic hydroxyl groups is 1. The van der Waals surface area contributed by atoms with E-state index in [9.17, 15) is 5.11 Å². The Kier molecular flexibility index (Phi) is 8.16. The molecule has 4 heteroatoms. The van der Waals surface area contributed by atoms with Gasteiger partial charge in [0.05, 0.1) is 6.10 Å². The van der Waals surface area contributed by atoms with E-state index in [1.54, 1.807) is 0 Å². The van der Waals surface area contributed by atoms with Crippen molar-refractivity contribution in [3.63, 3.8) is 0 Å². The molecule has 0 saturated carbocycles. The Balaban J connectivity index is 0.00000243. The molecule has 26 heavy (non-hydrogen) atoms. The zero-order chi connectivity index (χ0) is 17.3. The summed E-state index contributed by atoms with van der Waals surface area (Å²) in [5.41, 5.74) is 3.15. The summed E-state index contributed by atoms with van der Waals surface area (Å²) >= 11 is 0. The van der Waals surface area contributed by atoms with E-state index in [1.807, 2.05) is 72.8 Å². The van der Waals surface area contributed by atoms with E-state index in [2.05, 4.69) is 17.4 Å². The molecule has 0 aliphatic heterocycles. The van der Waals surface area contributed by atoms with Gasteiger partial charge < -0.3 is 15.2 Å². The Morgan fingerprint density at radius 3 is 2.15 bits per heavy atom. The molecule has 3 rings (SSSR count). The second kappa shape index (κ2) is 10.6. The van der Waals surface area contributed by atoms with E-state index >= 15 is 0 Å². The van der Waals surface area contributed by atoms with Crippen molar-refractivity contribution in [1.82, 2.24) is 5.32 Å². The fourth-order valence-corrected chi connectivity index (χ4v) is 2.66. The fourth-order valence-electron chi connectivity index (χ4n) is 2.66. The van der Waals surface area contributed by atoms with E-state index in [0.717, 1.165) is 22.4 Å². The molecule has 0 amide bonds. The first-order valence-corrected chi connectivity index (χ1v) is 8.51. The minimum absolute atomic E-state index is 0. The van der Waals surface area contributed by atoms with E-state index in [4.69, 9.17) is 4.74 Å². The molecular formula is C22H24ClNO2. The summed E-state index contributed by atoms with van der Waals surface area (Å²) in [7, 11) is 0. The molecule has 2 N–H and O–H groups in total. The van der Waals surface area contributed by atoms with Gasteiger partial charge in [-0.15, -0.1) is 12.4 Å². The third-order valence-corrected chi connectivity index (χ3v) is 4.05. The minimum atomic E-state index is -0.515. The van der Waals surface area contributed by atoms with Crippen LogP contribution in [0.5, 0.6) is 5.75 Å². The van der Waals surface area contributed by atoms with Gasteiger partial charge in [-0.1, -0.05) is 78.9 Å². The molecule has 0 spiro atoms. The molecule has 1 unspecified atom stereocenters. The second-order valence-electron chi connectivity index (χ2n) is 5.94. The van der Waals surface area contributed by atoms with Crippen LogP contribution in [0.4, 0.5) is 0 Å². The van der Waals surface area contributed by atoms with E-state index in [-0.39, 0.29) is 12.4 Å². The van der Waals surface area contributed by atoms with Gasteiger partial charge in [0.1, 0.15) is 12.4 Å². The maximum atomic E-state index is 10.2. The van der Waals surface area contributed by atoms with Crippen molar-refractivity contribution >= 4 is 12.4 Å².